The summed E-state index contributed by atoms with van der Waals surface area (Å²) in [6.45, 7) is 4.96. The number of aromatic nitrogens is 2. The van der Waals surface area contributed by atoms with Gasteiger partial charge in [-0.2, -0.15) is 0 Å². The van der Waals surface area contributed by atoms with Crippen LogP contribution < -0.4 is 20.3 Å². The maximum atomic E-state index is 13.2. The Bertz CT molecular complexity index is 1260. The van der Waals surface area contributed by atoms with Gasteiger partial charge in [0.2, 0.25) is 0 Å². The van der Waals surface area contributed by atoms with Crippen molar-refractivity contribution in [2.45, 2.75) is 26.2 Å². The fourth-order valence-corrected chi connectivity index (χ4v) is 4.36. The number of amides is 2. The number of likely N-dealkylation sites (N-methyl/N-ethyl adjacent to an activating group) is 1. The number of nitrogens with zero attached hydrogens (tertiary/aromatic N) is 4. The van der Waals surface area contributed by atoms with Gasteiger partial charge >= 0.3 is 0 Å². The first-order valence-corrected chi connectivity index (χ1v) is 12.2. The Morgan fingerprint density at radius 1 is 1.23 bits per heavy atom. The third-order valence-electron chi connectivity index (χ3n) is 6.42. The maximum absolute atomic E-state index is 13.2. The van der Waals surface area contributed by atoms with E-state index in [1.807, 2.05) is 12.3 Å². The quantitative estimate of drug-likeness (QED) is 0.493. The Labute approximate surface area is 205 Å². The number of hydrogen-bond acceptors (Lipinski definition) is 6. The molecule has 0 bridgehead atoms. The van der Waals surface area contributed by atoms with Gasteiger partial charge < -0.3 is 25.2 Å². The van der Waals surface area contributed by atoms with Crippen LogP contribution in [-0.4, -0.2) is 66.4 Å². The van der Waals surface area contributed by atoms with Crippen LogP contribution in [0, 0.1) is 5.92 Å². The molecule has 2 amide bonds. The van der Waals surface area contributed by atoms with Crippen molar-refractivity contribution in [3.63, 3.8) is 0 Å². The molecule has 0 radical (unpaired) electrons. The van der Waals surface area contributed by atoms with Crippen molar-refractivity contribution >= 4 is 34.7 Å². The molecule has 0 atom stereocenters. The van der Waals surface area contributed by atoms with Gasteiger partial charge in [-0.3, -0.25) is 14.0 Å². The number of benzene rings is 1. The fourth-order valence-electron chi connectivity index (χ4n) is 4.36. The number of carbonyl (C=O) groups excluding carboxylic acids is 2. The first kappa shape index (κ1) is 23.2. The molecule has 2 aromatic heterocycles. The van der Waals surface area contributed by atoms with E-state index in [2.05, 4.69) is 45.9 Å². The lowest BCUT2D eigenvalue weighted by molar-refractivity contribution is -0.118. The van der Waals surface area contributed by atoms with Crippen LogP contribution in [0.2, 0.25) is 0 Å². The van der Waals surface area contributed by atoms with Gasteiger partial charge in [0.25, 0.3) is 11.8 Å². The standard InChI is InChI=1S/C26H32N6O3/c1-4-20-26(31(12-11-30(2)3)14-17-5-6-17)32-15-18(7-10-23(32)28-20)25(34)27-19-8-9-21-22(13-19)35-16-24(33)29-21/h7-10,13,15,17H,4-6,11-12,14,16H2,1-3H3,(H,27,34)(H,29,33). The lowest BCUT2D eigenvalue weighted by Gasteiger charge is -2.27. The average molecular weight is 477 g/mol. The molecule has 0 spiro atoms. The number of carbonyl (C=O) groups is 2. The predicted octanol–water partition coefficient (Wildman–Crippen LogP) is 3.26. The fraction of sp³-hybridized carbons (Fsp3) is 0.423. The van der Waals surface area contributed by atoms with Crippen LogP contribution in [0.5, 0.6) is 5.75 Å². The summed E-state index contributed by atoms with van der Waals surface area (Å²) in [5, 5.41) is 5.71. The Balaban J connectivity index is 1.43. The molecule has 3 aromatic rings. The number of nitrogens with one attached hydrogen (secondary N) is 2. The second kappa shape index (κ2) is 9.58. The molecule has 5 rings (SSSR count). The number of aryl methyl sites for hydroxylation is 1. The minimum Gasteiger partial charge on any atom is -0.482 e. The van der Waals surface area contributed by atoms with Crippen LogP contribution in [0.3, 0.4) is 0 Å². The first-order chi connectivity index (χ1) is 16.9. The second-order valence-corrected chi connectivity index (χ2v) is 9.58. The van der Waals surface area contributed by atoms with Crippen LogP contribution >= 0.6 is 0 Å². The number of rotatable bonds is 9. The summed E-state index contributed by atoms with van der Waals surface area (Å²) in [5.74, 6) is 1.95. The molecule has 9 heteroatoms. The molecular weight excluding hydrogens is 444 g/mol. The topological polar surface area (TPSA) is 91.2 Å². The van der Waals surface area contributed by atoms with Gasteiger partial charge in [0.15, 0.2) is 6.61 Å². The zero-order chi connectivity index (χ0) is 24.5. The number of imidazole rings is 1. The highest BCUT2D eigenvalue weighted by atomic mass is 16.5. The highest BCUT2D eigenvalue weighted by Gasteiger charge is 2.27. The highest BCUT2D eigenvalue weighted by molar-refractivity contribution is 6.05. The van der Waals surface area contributed by atoms with Crippen LogP contribution in [-0.2, 0) is 11.2 Å². The summed E-state index contributed by atoms with van der Waals surface area (Å²) in [7, 11) is 4.18. The van der Waals surface area contributed by atoms with Gasteiger partial charge in [0.05, 0.1) is 16.9 Å². The van der Waals surface area contributed by atoms with E-state index in [0.29, 0.717) is 22.7 Å². The predicted molar refractivity (Wildman–Crippen MR) is 137 cm³/mol. The number of anilines is 3. The van der Waals surface area contributed by atoms with Gasteiger partial charge in [0.1, 0.15) is 17.2 Å². The molecule has 1 aromatic carbocycles. The van der Waals surface area contributed by atoms with Crippen molar-refractivity contribution < 1.29 is 14.3 Å². The third-order valence-corrected chi connectivity index (χ3v) is 6.42. The van der Waals surface area contributed by atoms with Crippen molar-refractivity contribution in [3.05, 3.63) is 47.8 Å². The van der Waals surface area contributed by atoms with Gasteiger partial charge in [-0.15, -0.1) is 0 Å². The monoisotopic (exact) mass is 476 g/mol. The molecule has 1 saturated carbocycles. The van der Waals surface area contributed by atoms with Gasteiger partial charge in [-0.05, 0) is 63.5 Å². The summed E-state index contributed by atoms with van der Waals surface area (Å²) in [4.78, 5) is 34.2. The van der Waals surface area contributed by atoms with Crippen LogP contribution in [0.15, 0.2) is 36.5 Å². The minimum absolute atomic E-state index is 0.0323. The van der Waals surface area contributed by atoms with Crippen molar-refractivity contribution in [2.24, 2.45) is 5.92 Å². The van der Waals surface area contributed by atoms with Crippen molar-refractivity contribution in [3.8, 4) is 5.75 Å². The first-order valence-electron chi connectivity index (χ1n) is 12.2. The summed E-state index contributed by atoms with van der Waals surface area (Å²) in [6, 6.07) is 8.92. The van der Waals surface area contributed by atoms with Crippen LogP contribution in [0.25, 0.3) is 5.65 Å². The van der Waals surface area contributed by atoms with Crippen molar-refractivity contribution in [1.82, 2.24) is 14.3 Å². The zero-order valence-corrected chi connectivity index (χ0v) is 20.5. The van der Waals surface area contributed by atoms with E-state index in [4.69, 9.17) is 9.72 Å². The molecule has 2 N–H and O–H groups in total. The Kier molecular flexibility index (Phi) is 6.34. The minimum atomic E-state index is -0.216. The zero-order valence-electron chi connectivity index (χ0n) is 20.5. The van der Waals surface area contributed by atoms with Gasteiger partial charge in [0, 0.05) is 37.6 Å². The summed E-state index contributed by atoms with van der Waals surface area (Å²) in [6.07, 6.45) is 5.27. The summed E-state index contributed by atoms with van der Waals surface area (Å²) in [5.41, 5.74) is 3.65. The lowest BCUT2D eigenvalue weighted by Crippen LogP contribution is -2.34. The van der Waals surface area contributed by atoms with Gasteiger partial charge in [-0.25, -0.2) is 4.98 Å². The van der Waals surface area contributed by atoms with E-state index >= 15 is 0 Å². The molecule has 1 fully saturated rings. The average Bonchev–Trinajstić information content (AvgIpc) is 3.59. The van der Waals surface area contributed by atoms with Crippen LogP contribution in [0.1, 0.15) is 35.8 Å². The Morgan fingerprint density at radius 2 is 2.06 bits per heavy atom. The molecule has 2 aliphatic rings. The molecule has 184 valence electrons. The summed E-state index contributed by atoms with van der Waals surface area (Å²) < 4.78 is 7.54. The largest absolute Gasteiger partial charge is 0.482 e. The maximum Gasteiger partial charge on any atom is 0.262 e. The highest BCUT2D eigenvalue weighted by Crippen LogP contribution is 2.34. The SMILES string of the molecule is CCc1nc2ccc(C(=O)Nc3ccc4c(c3)OCC(=O)N4)cn2c1N(CCN(C)C)CC1CC1. The van der Waals surface area contributed by atoms with E-state index in [-0.39, 0.29) is 18.4 Å². The molecule has 0 saturated heterocycles. The molecule has 35 heavy (non-hydrogen) atoms. The molecule has 1 aliphatic carbocycles. The molecule has 1 aliphatic heterocycles. The number of pyridine rings is 1. The van der Waals surface area contributed by atoms with E-state index in [9.17, 15) is 9.59 Å². The van der Waals surface area contributed by atoms with E-state index in [1.165, 1.54) is 12.8 Å². The van der Waals surface area contributed by atoms with Crippen molar-refractivity contribution in [2.75, 3.05) is 55.9 Å². The van der Waals surface area contributed by atoms with E-state index in [1.54, 1.807) is 24.3 Å². The number of fused-ring (bicyclic) bond motifs is 2. The third kappa shape index (κ3) is 5.09. The molecule has 9 nitrogen and oxygen atoms in total. The number of hydrogen-bond donors (Lipinski definition) is 2. The normalized spacial score (nSPS) is 15.0. The van der Waals surface area contributed by atoms with Crippen LogP contribution in [0.4, 0.5) is 17.2 Å². The van der Waals surface area contributed by atoms with Gasteiger partial charge in [-0.1, -0.05) is 6.92 Å². The molecular formula is C26H32N6O3. The second-order valence-electron chi connectivity index (χ2n) is 9.58. The Morgan fingerprint density at radius 3 is 2.80 bits per heavy atom. The smallest absolute Gasteiger partial charge is 0.262 e. The Hall–Kier alpha value is -3.59. The lowest BCUT2D eigenvalue weighted by atomic mass is 10.2. The van der Waals surface area contributed by atoms with E-state index < -0.39 is 0 Å². The molecule has 3 heterocycles. The van der Waals surface area contributed by atoms with E-state index in [0.717, 1.165) is 49.1 Å². The summed E-state index contributed by atoms with van der Waals surface area (Å²) >= 11 is 0. The number of ether oxygens (including phenoxy) is 1. The van der Waals surface area contributed by atoms with Crippen molar-refractivity contribution in [1.29, 1.82) is 0 Å². The molecule has 0 unspecified atom stereocenters.